The van der Waals surface area contributed by atoms with Crippen LogP contribution in [0.15, 0.2) is 35.0 Å². The van der Waals surface area contributed by atoms with Crippen molar-refractivity contribution in [3.63, 3.8) is 0 Å². The Balaban J connectivity index is 1.57. The molecule has 1 atom stereocenters. The van der Waals surface area contributed by atoms with Crippen molar-refractivity contribution in [2.75, 3.05) is 0 Å². The van der Waals surface area contributed by atoms with E-state index in [0.29, 0.717) is 19.1 Å². The molecule has 118 valence electrons. The quantitative estimate of drug-likeness (QED) is 0.892. The molecule has 0 spiro atoms. The van der Waals surface area contributed by atoms with Gasteiger partial charge in [0.1, 0.15) is 11.5 Å². The van der Waals surface area contributed by atoms with Crippen molar-refractivity contribution in [3.05, 3.63) is 42.1 Å². The first-order chi connectivity index (χ1) is 10.6. The normalized spacial score (nSPS) is 15.5. The van der Waals surface area contributed by atoms with E-state index in [4.69, 9.17) is 4.42 Å². The molecular formula is C16H22N4O2. The Hall–Kier alpha value is -2.24. The summed E-state index contributed by atoms with van der Waals surface area (Å²) in [7, 11) is 0. The number of nitrogens with zero attached hydrogens (tertiary/aromatic N) is 3. The number of nitrogens with one attached hydrogen (secondary N) is 1. The van der Waals surface area contributed by atoms with E-state index >= 15 is 0 Å². The highest BCUT2D eigenvalue weighted by molar-refractivity contribution is 5.75. The number of aryl methyl sites for hydroxylation is 1. The molecule has 2 aromatic rings. The highest BCUT2D eigenvalue weighted by atomic mass is 16.3. The van der Waals surface area contributed by atoms with Crippen LogP contribution in [0.4, 0.5) is 4.79 Å². The Morgan fingerprint density at radius 2 is 2.36 bits per heavy atom. The predicted molar refractivity (Wildman–Crippen MR) is 82.2 cm³/mol. The van der Waals surface area contributed by atoms with Crippen molar-refractivity contribution >= 4 is 6.03 Å². The fraction of sp³-hybridized carbons (Fsp3) is 0.500. The summed E-state index contributed by atoms with van der Waals surface area (Å²) >= 11 is 0. The lowest BCUT2D eigenvalue weighted by Gasteiger charge is -2.24. The van der Waals surface area contributed by atoms with E-state index in [2.05, 4.69) is 10.4 Å². The van der Waals surface area contributed by atoms with Gasteiger partial charge in [0.25, 0.3) is 0 Å². The maximum absolute atomic E-state index is 12.5. The molecule has 1 N–H and O–H groups in total. The lowest BCUT2D eigenvalue weighted by atomic mass is 10.3. The van der Waals surface area contributed by atoms with Gasteiger partial charge >= 0.3 is 6.03 Å². The molecule has 2 aromatic heterocycles. The van der Waals surface area contributed by atoms with Gasteiger partial charge in [-0.2, -0.15) is 5.10 Å². The van der Waals surface area contributed by atoms with E-state index in [-0.39, 0.29) is 12.1 Å². The monoisotopic (exact) mass is 302 g/mol. The molecule has 6 nitrogen and oxygen atoms in total. The zero-order chi connectivity index (χ0) is 15.5. The van der Waals surface area contributed by atoms with E-state index < -0.39 is 0 Å². The summed E-state index contributed by atoms with van der Waals surface area (Å²) < 4.78 is 7.42. The minimum Gasteiger partial charge on any atom is -0.464 e. The summed E-state index contributed by atoms with van der Waals surface area (Å²) in [5.74, 6) is 1.71. The van der Waals surface area contributed by atoms with E-state index in [1.165, 1.54) is 0 Å². The molecule has 0 bridgehead atoms. The zero-order valence-corrected chi connectivity index (χ0v) is 13.0. The van der Waals surface area contributed by atoms with Gasteiger partial charge in [0.15, 0.2) is 0 Å². The predicted octanol–water partition coefficient (Wildman–Crippen LogP) is 2.55. The van der Waals surface area contributed by atoms with Crippen LogP contribution in [0.2, 0.25) is 0 Å². The molecule has 2 amide bonds. The van der Waals surface area contributed by atoms with Gasteiger partial charge in [0, 0.05) is 24.5 Å². The minimum atomic E-state index is -0.0313. The second-order valence-electron chi connectivity index (χ2n) is 5.95. The van der Waals surface area contributed by atoms with Crippen LogP contribution in [0, 0.1) is 6.92 Å². The van der Waals surface area contributed by atoms with Gasteiger partial charge in [-0.05, 0) is 44.9 Å². The van der Waals surface area contributed by atoms with Crippen molar-refractivity contribution in [1.82, 2.24) is 20.0 Å². The van der Waals surface area contributed by atoms with E-state index in [1.807, 2.05) is 47.8 Å². The smallest absolute Gasteiger partial charge is 0.318 e. The Bertz CT molecular complexity index is 616. The lowest BCUT2D eigenvalue weighted by molar-refractivity contribution is 0.182. The largest absolute Gasteiger partial charge is 0.464 e. The van der Waals surface area contributed by atoms with E-state index in [1.54, 1.807) is 6.20 Å². The molecule has 2 heterocycles. The maximum Gasteiger partial charge on any atom is 0.318 e. The SMILES string of the molecule is Cc1ccc(CN(C(=O)N[C@@H](C)Cn2cccn2)C2CC2)o1. The molecule has 6 heteroatoms. The van der Waals surface area contributed by atoms with Crippen molar-refractivity contribution in [2.45, 2.75) is 51.9 Å². The summed E-state index contributed by atoms with van der Waals surface area (Å²) in [4.78, 5) is 14.4. The molecular weight excluding hydrogens is 280 g/mol. The fourth-order valence-electron chi connectivity index (χ4n) is 2.52. The van der Waals surface area contributed by atoms with Crippen LogP contribution in [0.5, 0.6) is 0 Å². The van der Waals surface area contributed by atoms with Gasteiger partial charge in [0.05, 0.1) is 13.1 Å². The first kappa shape index (κ1) is 14.7. The van der Waals surface area contributed by atoms with Crippen LogP contribution in [0.25, 0.3) is 0 Å². The Kier molecular flexibility index (Phi) is 4.18. The van der Waals surface area contributed by atoms with Crippen LogP contribution >= 0.6 is 0 Å². The standard InChI is InChI=1S/C16H22N4O2/c1-12(10-19-9-3-8-17-19)18-16(21)20(14-5-6-14)11-15-7-4-13(2)22-15/h3-4,7-9,12,14H,5-6,10-11H2,1-2H3,(H,18,21)/t12-/m0/s1. The summed E-state index contributed by atoms with van der Waals surface area (Å²) in [6, 6.07) is 6.07. The summed E-state index contributed by atoms with van der Waals surface area (Å²) in [5.41, 5.74) is 0. The molecule has 3 rings (SSSR count). The fourth-order valence-corrected chi connectivity index (χ4v) is 2.52. The molecule has 0 aromatic carbocycles. The van der Waals surface area contributed by atoms with E-state index in [0.717, 1.165) is 24.4 Å². The van der Waals surface area contributed by atoms with Gasteiger partial charge in [-0.3, -0.25) is 4.68 Å². The number of carbonyl (C=O) groups is 1. The molecule has 0 aliphatic heterocycles. The van der Waals surface area contributed by atoms with Gasteiger partial charge in [-0.1, -0.05) is 0 Å². The molecule has 0 unspecified atom stereocenters. The van der Waals surface area contributed by atoms with Gasteiger partial charge in [0.2, 0.25) is 0 Å². The topological polar surface area (TPSA) is 63.3 Å². The number of furan rings is 1. The van der Waals surface area contributed by atoms with Gasteiger partial charge in [-0.25, -0.2) is 4.79 Å². The first-order valence-electron chi connectivity index (χ1n) is 7.71. The van der Waals surface area contributed by atoms with Crippen LogP contribution in [-0.4, -0.2) is 32.8 Å². The average molecular weight is 302 g/mol. The number of aromatic nitrogens is 2. The van der Waals surface area contributed by atoms with Crippen LogP contribution in [-0.2, 0) is 13.1 Å². The minimum absolute atomic E-state index is 0.0204. The number of rotatable bonds is 6. The average Bonchev–Trinajstić information content (AvgIpc) is 3.02. The number of carbonyl (C=O) groups excluding carboxylic acids is 1. The summed E-state index contributed by atoms with van der Waals surface area (Å²) in [5, 5.41) is 7.21. The summed E-state index contributed by atoms with van der Waals surface area (Å²) in [6.07, 6.45) is 5.78. The van der Waals surface area contributed by atoms with Crippen molar-refractivity contribution < 1.29 is 9.21 Å². The lowest BCUT2D eigenvalue weighted by Crippen LogP contribution is -2.45. The van der Waals surface area contributed by atoms with Crippen molar-refractivity contribution in [3.8, 4) is 0 Å². The molecule has 22 heavy (non-hydrogen) atoms. The number of hydrogen-bond acceptors (Lipinski definition) is 3. The summed E-state index contributed by atoms with van der Waals surface area (Å²) in [6.45, 7) is 5.09. The third kappa shape index (κ3) is 3.69. The van der Waals surface area contributed by atoms with Crippen LogP contribution < -0.4 is 5.32 Å². The Morgan fingerprint density at radius 1 is 1.55 bits per heavy atom. The maximum atomic E-state index is 12.5. The number of urea groups is 1. The third-order valence-corrected chi connectivity index (χ3v) is 3.76. The molecule has 1 aliphatic rings. The molecule has 1 aliphatic carbocycles. The Labute approximate surface area is 130 Å². The zero-order valence-electron chi connectivity index (χ0n) is 13.0. The molecule has 0 saturated heterocycles. The molecule has 0 radical (unpaired) electrons. The second kappa shape index (κ2) is 6.25. The second-order valence-corrected chi connectivity index (χ2v) is 5.95. The molecule has 1 saturated carbocycles. The van der Waals surface area contributed by atoms with Crippen LogP contribution in [0.3, 0.4) is 0 Å². The highest BCUT2D eigenvalue weighted by Crippen LogP contribution is 2.28. The number of amides is 2. The Morgan fingerprint density at radius 3 is 2.95 bits per heavy atom. The van der Waals surface area contributed by atoms with Gasteiger partial charge in [-0.15, -0.1) is 0 Å². The number of hydrogen-bond donors (Lipinski definition) is 1. The first-order valence-corrected chi connectivity index (χ1v) is 7.71. The highest BCUT2D eigenvalue weighted by Gasteiger charge is 2.33. The van der Waals surface area contributed by atoms with Crippen molar-refractivity contribution in [2.24, 2.45) is 0 Å². The van der Waals surface area contributed by atoms with E-state index in [9.17, 15) is 4.79 Å². The van der Waals surface area contributed by atoms with Crippen LogP contribution in [0.1, 0.15) is 31.3 Å². The van der Waals surface area contributed by atoms with Crippen molar-refractivity contribution in [1.29, 1.82) is 0 Å². The van der Waals surface area contributed by atoms with Gasteiger partial charge < -0.3 is 14.6 Å². The molecule has 1 fully saturated rings. The third-order valence-electron chi connectivity index (χ3n) is 3.76.